The van der Waals surface area contributed by atoms with Crippen molar-refractivity contribution in [3.05, 3.63) is 49.6 Å². The van der Waals surface area contributed by atoms with Gasteiger partial charge in [-0.1, -0.05) is 15.9 Å². The maximum absolute atomic E-state index is 12.6. The molecule has 0 spiro atoms. The van der Waals surface area contributed by atoms with E-state index >= 15 is 0 Å². The second kappa shape index (κ2) is 5.93. The molecule has 0 saturated carbocycles. The number of hydrogen-bond donors (Lipinski definition) is 1. The second-order valence-electron chi connectivity index (χ2n) is 5.66. The van der Waals surface area contributed by atoms with Crippen LogP contribution in [0.5, 0.6) is 0 Å². The molecule has 0 fully saturated rings. The summed E-state index contributed by atoms with van der Waals surface area (Å²) in [5.74, 6) is 0.125. The lowest BCUT2D eigenvalue weighted by Gasteiger charge is -2.22. The molecule has 1 aliphatic rings. The van der Waals surface area contributed by atoms with Crippen molar-refractivity contribution in [2.24, 2.45) is 0 Å². The SMILES string of the molecule is Cc1cc(NC(=O)C2CCCc3sccc32)cc(C)c1Br. The highest BCUT2D eigenvalue weighted by Gasteiger charge is 2.27. The highest BCUT2D eigenvalue weighted by Crippen LogP contribution is 2.36. The third-order valence-corrected chi connectivity index (χ3v) is 6.32. The van der Waals surface area contributed by atoms with Gasteiger partial charge in [0.2, 0.25) is 5.91 Å². The minimum atomic E-state index is 0.00394. The standard InChI is InChI=1S/C17H18BrNOS/c1-10-8-12(9-11(2)16(10)18)19-17(20)14-4-3-5-15-13(14)6-7-21-15/h6-9,14H,3-5H2,1-2H3,(H,19,20). The van der Waals surface area contributed by atoms with Crippen LogP contribution in [0.4, 0.5) is 5.69 Å². The molecule has 2 nitrogen and oxygen atoms in total. The van der Waals surface area contributed by atoms with Gasteiger partial charge in [-0.15, -0.1) is 11.3 Å². The number of hydrogen-bond acceptors (Lipinski definition) is 2. The number of amides is 1. The lowest BCUT2D eigenvalue weighted by atomic mass is 9.87. The Labute approximate surface area is 137 Å². The summed E-state index contributed by atoms with van der Waals surface area (Å²) in [7, 11) is 0. The summed E-state index contributed by atoms with van der Waals surface area (Å²) < 4.78 is 1.11. The van der Waals surface area contributed by atoms with Crippen LogP contribution in [0.15, 0.2) is 28.1 Å². The van der Waals surface area contributed by atoms with E-state index in [0.717, 1.165) is 40.5 Å². The van der Waals surface area contributed by atoms with Gasteiger partial charge in [-0.05, 0) is 73.4 Å². The molecular formula is C17H18BrNOS. The van der Waals surface area contributed by atoms with Crippen molar-refractivity contribution in [2.75, 3.05) is 5.32 Å². The van der Waals surface area contributed by atoms with Crippen LogP contribution >= 0.6 is 27.3 Å². The molecule has 1 N–H and O–H groups in total. The number of halogens is 1. The van der Waals surface area contributed by atoms with Crippen LogP contribution in [0.1, 0.15) is 40.3 Å². The van der Waals surface area contributed by atoms with Crippen LogP contribution in [-0.2, 0) is 11.2 Å². The smallest absolute Gasteiger partial charge is 0.231 e. The average molecular weight is 364 g/mol. The number of anilines is 1. The molecule has 0 saturated heterocycles. The molecule has 1 unspecified atom stereocenters. The minimum absolute atomic E-state index is 0.00394. The monoisotopic (exact) mass is 363 g/mol. The van der Waals surface area contributed by atoms with Crippen LogP contribution in [0.2, 0.25) is 0 Å². The van der Waals surface area contributed by atoms with Crippen LogP contribution in [0.25, 0.3) is 0 Å². The van der Waals surface area contributed by atoms with E-state index in [1.165, 1.54) is 10.4 Å². The van der Waals surface area contributed by atoms with Gasteiger partial charge in [-0.25, -0.2) is 0 Å². The largest absolute Gasteiger partial charge is 0.326 e. The Morgan fingerprint density at radius 2 is 2.05 bits per heavy atom. The normalized spacial score (nSPS) is 17.4. The quantitative estimate of drug-likeness (QED) is 0.781. The Kier molecular flexibility index (Phi) is 4.18. The first kappa shape index (κ1) is 14.8. The maximum atomic E-state index is 12.6. The molecule has 0 aliphatic heterocycles. The summed E-state index contributed by atoms with van der Waals surface area (Å²) in [6.45, 7) is 4.09. The van der Waals surface area contributed by atoms with E-state index in [2.05, 4.69) is 32.7 Å². The van der Waals surface area contributed by atoms with Crippen molar-refractivity contribution in [2.45, 2.75) is 39.0 Å². The fourth-order valence-corrected chi connectivity index (χ4v) is 4.22. The molecule has 110 valence electrons. The van der Waals surface area contributed by atoms with Crippen molar-refractivity contribution in [3.8, 4) is 0 Å². The van der Waals surface area contributed by atoms with Crippen LogP contribution < -0.4 is 5.32 Å². The molecule has 0 bridgehead atoms. The molecule has 4 heteroatoms. The zero-order chi connectivity index (χ0) is 15.0. The van der Waals surface area contributed by atoms with E-state index in [1.807, 2.05) is 26.0 Å². The van der Waals surface area contributed by atoms with Crippen LogP contribution in [0.3, 0.4) is 0 Å². The Balaban J connectivity index is 1.82. The van der Waals surface area contributed by atoms with Gasteiger partial charge < -0.3 is 5.32 Å². The minimum Gasteiger partial charge on any atom is -0.326 e. The Bertz CT molecular complexity index is 669. The molecule has 1 atom stereocenters. The second-order valence-corrected chi connectivity index (χ2v) is 7.45. The third-order valence-electron chi connectivity index (χ3n) is 4.07. The number of aryl methyl sites for hydroxylation is 3. The summed E-state index contributed by atoms with van der Waals surface area (Å²) >= 11 is 5.33. The number of nitrogens with one attached hydrogen (secondary N) is 1. The van der Waals surface area contributed by atoms with Crippen molar-refractivity contribution in [1.29, 1.82) is 0 Å². The number of thiophene rings is 1. The molecule has 3 rings (SSSR count). The molecule has 1 aromatic heterocycles. The Morgan fingerprint density at radius 3 is 2.76 bits per heavy atom. The average Bonchev–Trinajstić information content (AvgIpc) is 2.92. The van der Waals surface area contributed by atoms with Crippen LogP contribution in [-0.4, -0.2) is 5.91 Å². The topological polar surface area (TPSA) is 29.1 Å². The van der Waals surface area contributed by atoms with Gasteiger partial charge in [-0.2, -0.15) is 0 Å². The van der Waals surface area contributed by atoms with E-state index in [9.17, 15) is 4.79 Å². The zero-order valence-electron chi connectivity index (χ0n) is 12.2. The predicted molar refractivity (Wildman–Crippen MR) is 92.2 cm³/mol. The molecule has 0 radical (unpaired) electrons. The first-order valence-corrected chi connectivity index (χ1v) is 8.87. The lowest BCUT2D eigenvalue weighted by Crippen LogP contribution is -2.23. The fraction of sp³-hybridized carbons (Fsp3) is 0.353. The van der Waals surface area contributed by atoms with Crippen molar-refractivity contribution in [1.82, 2.24) is 0 Å². The highest BCUT2D eigenvalue weighted by molar-refractivity contribution is 9.10. The molecule has 2 aromatic rings. The molecule has 1 aliphatic carbocycles. The van der Waals surface area contributed by atoms with Gasteiger partial charge in [0.25, 0.3) is 0 Å². The first-order valence-electron chi connectivity index (χ1n) is 7.20. The van der Waals surface area contributed by atoms with Crippen molar-refractivity contribution >= 4 is 38.9 Å². The van der Waals surface area contributed by atoms with E-state index in [4.69, 9.17) is 0 Å². The summed E-state index contributed by atoms with van der Waals surface area (Å²) in [5.41, 5.74) is 4.41. The van der Waals surface area contributed by atoms with Gasteiger partial charge in [0, 0.05) is 15.0 Å². The molecule has 1 amide bonds. The molecule has 1 aromatic carbocycles. The summed E-state index contributed by atoms with van der Waals surface area (Å²) in [6.07, 6.45) is 3.17. The van der Waals surface area contributed by atoms with Gasteiger partial charge >= 0.3 is 0 Å². The van der Waals surface area contributed by atoms with Crippen LogP contribution in [0, 0.1) is 13.8 Å². The number of rotatable bonds is 2. The van der Waals surface area contributed by atoms with E-state index in [0.29, 0.717) is 0 Å². The lowest BCUT2D eigenvalue weighted by molar-refractivity contribution is -0.117. The van der Waals surface area contributed by atoms with Gasteiger partial charge in [0.15, 0.2) is 0 Å². The van der Waals surface area contributed by atoms with E-state index in [1.54, 1.807) is 11.3 Å². The van der Waals surface area contributed by atoms with Gasteiger partial charge in [0.05, 0.1) is 5.92 Å². The van der Waals surface area contributed by atoms with Crippen molar-refractivity contribution < 1.29 is 4.79 Å². The highest BCUT2D eigenvalue weighted by atomic mass is 79.9. The number of fused-ring (bicyclic) bond motifs is 1. The zero-order valence-corrected chi connectivity index (χ0v) is 14.6. The number of carbonyl (C=O) groups is 1. The number of benzene rings is 1. The Morgan fingerprint density at radius 1 is 1.33 bits per heavy atom. The number of carbonyl (C=O) groups excluding carboxylic acids is 1. The maximum Gasteiger partial charge on any atom is 0.231 e. The predicted octanol–water partition coefficient (Wildman–Crippen LogP) is 5.19. The molecular weight excluding hydrogens is 346 g/mol. The van der Waals surface area contributed by atoms with E-state index < -0.39 is 0 Å². The van der Waals surface area contributed by atoms with Gasteiger partial charge in [0.1, 0.15) is 0 Å². The Hall–Kier alpha value is -1.13. The summed E-state index contributed by atoms with van der Waals surface area (Å²) in [5, 5.41) is 5.20. The molecule has 1 heterocycles. The fourth-order valence-electron chi connectivity index (χ4n) is 3.01. The third kappa shape index (κ3) is 2.92. The first-order chi connectivity index (χ1) is 10.1. The summed E-state index contributed by atoms with van der Waals surface area (Å²) in [4.78, 5) is 14.0. The van der Waals surface area contributed by atoms with E-state index in [-0.39, 0.29) is 11.8 Å². The van der Waals surface area contributed by atoms with Crippen molar-refractivity contribution in [3.63, 3.8) is 0 Å². The van der Waals surface area contributed by atoms with Gasteiger partial charge in [-0.3, -0.25) is 4.79 Å². The summed E-state index contributed by atoms with van der Waals surface area (Å²) in [6, 6.07) is 6.15. The molecule has 21 heavy (non-hydrogen) atoms.